The number of benzene rings is 1. The lowest BCUT2D eigenvalue weighted by Crippen LogP contribution is -2.01. The second kappa shape index (κ2) is 5.95. The molecule has 84 valence electrons. The first-order valence-corrected chi connectivity index (χ1v) is 6.20. The molecule has 0 bridgehead atoms. The summed E-state index contributed by atoms with van der Waals surface area (Å²) in [7, 11) is 0. The average Bonchev–Trinajstić information content (AvgIpc) is 2.18. The fourth-order valence-electron chi connectivity index (χ4n) is 2.25. The first-order valence-electron chi connectivity index (χ1n) is 6.20. The molecule has 0 fully saturated rings. The van der Waals surface area contributed by atoms with Gasteiger partial charge in [-0.3, -0.25) is 0 Å². The molecule has 0 heterocycles. The van der Waals surface area contributed by atoms with Crippen molar-refractivity contribution in [1.82, 2.24) is 0 Å². The Hall–Kier alpha value is -0.780. The van der Waals surface area contributed by atoms with E-state index in [2.05, 4.69) is 52.0 Å². The van der Waals surface area contributed by atoms with E-state index >= 15 is 0 Å². The normalized spacial score (nSPS) is 14.9. The summed E-state index contributed by atoms with van der Waals surface area (Å²) in [5.41, 5.74) is 2.84. The van der Waals surface area contributed by atoms with Crippen molar-refractivity contribution in [2.24, 2.45) is 5.92 Å². The quantitative estimate of drug-likeness (QED) is 0.638. The van der Waals surface area contributed by atoms with Gasteiger partial charge in [0, 0.05) is 0 Å². The van der Waals surface area contributed by atoms with Crippen molar-refractivity contribution < 1.29 is 0 Å². The van der Waals surface area contributed by atoms with Gasteiger partial charge in [0.1, 0.15) is 0 Å². The Morgan fingerprint density at radius 1 is 1.07 bits per heavy atom. The standard InChI is InChI=1S/C15H24/c1-5-6-13(3)11-14(4)15-9-7-12(2)8-10-15/h7-10,13-14H,5-6,11H2,1-4H3. The third kappa shape index (κ3) is 4.07. The summed E-state index contributed by atoms with van der Waals surface area (Å²) in [5, 5.41) is 0. The molecule has 1 aromatic rings. The predicted molar refractivity (Wildman–Crippen MR) is 68.3 cm³/mol. The summed E-state index contributed by atoms with van der Waals surface area (Å²) < 4.78 is 0. The maximum Gasteiger partial charge on any atom is -0.0188 e. The highest BCUT2D eigenvalue weighted by atomic mass is 14.1. The van der Waals surface area contributed by atoms with Crippen molar-refractivity contribution in [2.75, 3.05) is 0 Å². The van der Waals surface area contributed by atoms with Gasteiger partial charge >= 0.3 is 0 Å². The molecule has 0 amide bonds. The van der Waals surface area contributed by atoms with Crippen LogP contribution in [0.2, 0.25) is 0 Å². The minimum absolute atomic E-state index is 0.701. The molecule has 0 nitrogen and oxygen atoms in total. The third-order valence-corrected chi connectivity index (χ3v) is 3.18. The maximum absolute atomic E-state index is 2.37. The molecule has 0 saturated carbocycles. The molecule has 0 heteroatoms. The van der Waals surface area contributed by atoms with E-state index in [1.165, 1.54) is 30.4 Å². The molecule has 0 aliphatic carbocycles. The van der Waals surface area contributed by atoms with E-state index < -0.39 is 0 Å². The summed E-state index contributed by atoms with van der Waals surface area (Å²) in [5.74, 6) is 1.55. The molecule has 0 saturated heterocycles. The van der Waals surface area contributed by atoms with Gasteiger partial charge < -0.3 is 0 Å². The molecule has 15 heavy (non-hydrogen) atoms. The van der Waals surface area contributed by atoms with Gasteiger partial charge in [-0.15, -0.1) is 0 Å². The van der Waals surface area contributed by atoms with E-state index in [9.17, 15) is 0 Å². The van der Waals surface area contributed by atoms with Crippen molar-refractivity contribution >= 4 is 0 Å². The first kappa shape index (κ1) is 12.3. The lowest BCUT2D eigenvalue weighted by Gasteiger charge is -2.17. The van der Waals surface area contributed by atoms with E-state index in [-0.39, 0.29) is 0 Å². The largest absolute Gasteiger partial charge is 0.0654 e. The van der Waals surface area contributed by atoms with E-state index in [0.29, 0.717) is 5.92 Å². The minimum Gasteiger partial charge on any atom is -0.0654 e. The monoisotopic (exact) mass is 204 g/mol. The van der Waals surface area contributed by atoms with Crippen LogP contribution in [0.4, 0.5) is 0 Å². The summed E-state index contributed by atoms with van der Waals surface area (Å²) in [6.07, 6.45) is 3.98. The Morgan fingerprint density at radius 2 is 1.67 bits per heavy atom. The topological polar surface area (TPSA) is 0 Å². The van der Waals surface area contributed by atoms with Crippen molar-refractivity contribution in [3.05, 3.63) is 35.4 Å². The SMILES string of the molecule is CCCC(C)CC(C)c1ccc(C)cc1. The number of hydrogen-bond acceptors (Lipinski definition) is 0. The summed E-state index contributed by atoms with van der Waals surface area (Å²) in [6.45, 7) is 9.13. The molecule has 0 spiro atoms. The van der Waals surface area contributed by atoms with Crippen LogP contribution < -0.4 is 0 Å². The van der Waals surface area contributed by atoms with Crippen LogP contribution in [0.15, 0.2) is 24.3 Å². The Morgan fingerprint density at radius 3 is 2.20 bits per heavy atom. The zero-order valence-electron chi connectivity index (χ0n) is 10.6. The van der Waals surface area contributed by atoms with Gasteiger partial charge in [0.25, 0.3) is 0 Å². The van der Waals surface area contributed by atoms with Crippen molar-refractivity contribution in [2.45, 2.75) is 52.9 Å². The first-order chi connectivity index (χ1) is 7.13. The third-order valence-electron chi connectivity index (χ3n) is 3.18. The van der Waals surface area contributed by atoms with Crippen LogP contribution in [0.3, 0.4) is 0 Å². The Bertz CT molecular complexity index is 271. The van der Waals surface area contributed by atoms with Crippen LogP contribution >= 0.6 is 0 Å². The van der Waals surface area contributed by atoms with Crippen molar-refractivity contribution in [3.63, 3.8) is 0 Å². The Kier molecular flexibility index (Phi) is 4.87. The predicted octanol–water partition coefficient (Wildman–Crippen LogP) is 4.92. The van der Waals surface area contributed by atoms with Gasteiger partial charge in [-0.1, -0.05) is 63.4 Å². The maximum atomic E-state index is 2.37. The molecule has 0 radical (unpaired) electrons. The molecule has 1 rings (SSSR count). The lowest BCUT2D eigenvalue weighted by atomic mass is 9.89. The molecule has 0 aromatic heterocycles. The van der Waals surface area contributed by atoms with Crippen molar-refractivity contribution in [3.8, 4) is 0 Å². The average molecular weight is 204 g/mol. The summed E-state index contributed by atoms with van der Waals surface area (Å²) in [6, 6.07) is 8.99. The van der Waals surface area contributed by atoms with E-state index in [1.54, 1.807) is 0 Å². The van der Waals surface area contributed by atoms with Crippen LogP contribution in [-0.2, 0) is 0 Å². The molecule has 0 aliphatic rings. The number of rotatable bonds is 5. The van der Waals surface area contributed by atoms with E-state index in [1.807, 2.05) is 0 Å². The van der Waals surface area contributed by atoms with Gasteiger partial charge in [0.15, 0.2) is 0 Å². The van der Waals surface area contributed by atoms with E-state index in [0.717, 1.165) is 5.92 Å². The highest BCUT2D eigenvalue weighted by Crippen LogP contribution is 2.25. The second-order valence-electron chi connectivity index (χ2n) is 4.94. The highest BCUT2D eigenvalue weighted by Gasteiger charge is 2.09. The van der Waals surface area contributed by atoms with Gasteiger partial charge in [-0.2, -0.15) is 0 Å². The van der Waals surface area contributed by atoms with Crippen LogP contribution in [-0.4, -0.2) is 0 Å². The molecular formula is C15H24. The van der Waals surface area contributed by atoms with Gasteiger partial charge in [-0.05, 0) is 30.7 Å². The molecule has 2 atom stereocenters. The van der Waals surface area contributed by atoms with Gasteiger partial charge in [0.2, 0.25) is 0 Å². The highest BCUT2D eigenvalue weighted by molar-refractivity contribution is 5.23. The van der Waals surface area contributed by atoms with Crippen LogP contribution in [0.5, 0.6) is 0 Å². The van der Waals surface area contributed by atoms with Gasteiger partial charge in [0.05, 0.1) is 0 Å². The Balaban J connectivity index is 2.53. The number of hydrogen-bond donors (Lipinski definition) is 0. The van der Waals surface area contributed by atoms with Crippen LogP contribution in [0.1, 0.15) is 57.1 Å². The fourth-order valence-corrected chi connectivity index (χ4v) is 2.25. The van der Waals surface area contributed by atoms with E-state index in [4.69, 9.17) is 0 Å². The van der Waals surface area contributed by atoms with Gasteiger partial charge in [-0.25, -0.2) is 0 Å². The second-order valence-corrected chi connectivity index (χ2v) is 4.94. The molecule has 2 unspecified atom stereocenters. The molecule has 1 aromatic carbocycles. The summed E-state index contributed by atoms with van der Waals surface area (Å²) >= 11 is 0. The smallest absolute Gasteiger partial charge is 0.0188 e. The zero-order valence-corrected chi connectivity index (χ0v) is 10.6. The minimum atomic E-state index is 0.701. The lowest BCUT2D eigenvalue weighted by molar-refractivity contribution is 0.449. The Labute approximate surface area is 94.7 Å². The number of aryl methyl sites for hydroxylation is 1. The summed E-state index contributed by atoms with van der Waals surface area (Å²) in [4.78, 5) is 0. The molecular weight excluding hydrogens is 180 g/mol. The van der Waals surface area contributed by atoms with Crippen LogP contribution in [0.25, 0.3) is 0 Å². The van der Waals surface area contributed by atoms with Crippen molar-refractivity contribution in [1.29, 1.82) is 0 Å². The fraction of sp³-hybridized carbons (Fsp3) is 0.600. The molecule has 0 N–H and O–H groups in total. The molecule has 0 aliphatic heterocycles. The zero-order chi connectivity index (χ0) is 11.3. The van der Waals surface area contributed by atoms with Crippen LogP contribution in [0, 0.1) is 12.8 Å².